The van der Waals surface area contributed by atoms with Gasteiger partial charge in [-0.2, -0.15) is 13.2 Å². The molecule has 0 saturated heterocycles. The van der Waals surface area contributed by atoms with Gasteiger partial charge in [0.15, 0.2) is 0 Å². The van der Waals surface area contributed by atoms with Crippen LogP contribution in [0.25, 0.3) is 5.57 Å². The molecule has 0 aliphatic heterocycles. The molecule has 0 fully saturated rings. The molecule has 0 heterocycles. The van der Waals surface area contributed by atoms with Crippen molar-refractivity contribution in [2.24, 2.45) is 0 Å². The molecule has 0 saturated carbocycles. The van der Waals surface area contributed by atoms with E-state index in [4.69, 9.17) is 11.6 Å². The first-order valence-corrected chi connectivity index (χ1v) is 8.67. The second-order valence-corrected chi connectivity index (χ2v) is 6.81. The molecule has 5 heteroatoms. The van der Waals surface area contributed by atoms with Crippen molar-refractivity contribution in [3.63, 3.8) is 0 Å². The Kier molecular flexibility index (Phi) is 4.13. The number of aliphatic hydroxyl groups is 1. The molecule has 1 aliphatic carbocycles. The molecule has 1 N–H and O–H groups in total. The highest BCUT2D eigenvalue weighted by atomic mass is 35.5. The van der Waals surface area contributed by atoms with Crippen molar-refractivity contribution in [1.29, 1.82) is 0 Å². The van der Waals surface area contributed by atoms with E-state index < -0.39 is 17.4 Å². The van der Waals surface area contributed by atoms with Crippen molar-refractivity contribution < 1.29 is 18.3 Å². The number of hydrogen-bond acceptors (Lipinski definition) is 1. The normalized spacial score (nSPS) is 19.3. The van der Waals surface area contributed by atoms with E-state index in [9.17, 15) is 18.3 Å². The Hall–Kier alpha value is -2.56. The molecule has 1 nitrogen and oxygen atoms in total. The zero-order valence-corrected chi connectivity index (χ0v) is 14.7. The molecule has 1 unspecified atom stereocenters. The lowest BCUT2D eigenvalue weighted by Crippen LogP contribution is -2.35. The van der Waals surface area contributed by atoms with Gasteiger partial charge in [0.25, 0.3) is 0 Å². The molecule has 3 aromatic rings. The molecular weight excluding hydrogens is 373 g/mol. The van der Waals surface area contributed by atoms with Gasteiger partial charge in [0.05, 0.1) is 5.57 Å². The van der Waals surface area contributed by atoms with Crippen LogP contribution in [-0.4, -0.2) is 11.3 Å². The summed E-state index contributed by atoms with van der Waals surface area (Å²) in [4.78, 5) is 0. The van der Waals surface area contributed by atoms with Gasteiger partial charge in [-0.3, -0.25) is 0 Å². The Bertz CT molecular complexity index is 1020. The summed E-state index contributed by atoms with van der Waals surface area (Å²) >= 11 is 5.91. The van der Waals surface area contributed by atoms with E-state index in [0.717, 1.165) is 0 Å². The van der Waals surface area contributed by atoms with Crippen LogP contribution in [0.1, 0.15) is 22.3 Å². The second kappa shape index (κ2) is 6.25. The van der Waals surface area contributed by atoms with Crippen molar-refractivity contribution >= 4 is 17.2 Å². The van der Waals surface area contributed by atoms with E-state index in [2.05, 4.69) is 0 Å². The quantitative estimate of drug-likeness (QED) is 0.576. The van der Waals surface area contributed by atoms with Gasteiger partial charge in [-0.05, 0) is 28.8 Å². The fourth-order valence-electron chi connectivity index (χ4n) is 3.71. The highest BCUT2D eigenvalue weighted by Gasteiger charge is 2.56. The van der Waals surface area contributed by atoms with Gasteiger partial charge in [0, 0.05) is 16.2 Å². The van der Waals surface area contributed by atoms with Crippen molar-refractivity contribution in [2.45, 2.75) is 11.8 Å². The monoisotopic (exact) mass is 386 g/mol. The summed E-state index contributed by atoms with van der Waals surface area (Å²) in [7, 11) is 0. The van der Waals surface area contributed by atoms with Gasteiger partial charge >= 0.3 is 6.18 Å². The third-order valence-corrected chi connectivity index (χ3v) is 5.06. The zero-order valence-electron chi connectivity index (χ0n) is 14.0. The standard InChI is InChI=1S/C22H14ClF3O/c23-16-12-10-14(11-13-16)19-17-8-4-5-9-18(17)21(27,20(19)22(24,25)26)15-6-2-1-3-7-15/h1-13,27H. The fourth-order valence-corrected chi connectivity index (χ4v) is 3.84. The maximum Gasteiger partial charge on any atom is 0.416 e. The maximum atomic E-state index is 14.3. The van der Waals surface area contributed by atoms with Crippen LogP contribution < -0.4 is 0 Å². The van der Waals surface area contributed by atoms with Crippen molar-refractivity contribution in [3.05, 3.63) is 112 Å². The summed E-state index contributed by atoms with van der Waals surface area (Å²) in [6.07, 6.45) is -4.74. The molecule has 1 aliphatic rings. The molecule has 0 bridgehead atoms. The number of hydrogen-bond donors (Lipinski definition) is 1. The van der Waals surface area contributed by atoms with Crippen molar-refractivity contribution in [3.8, 4) is 0 Å². The largest absolute Gasteiger partial charge is 0.416 e. The summed E-state index contributed by atoms with van der Waals surface area (Å²) in [6.45, 7) is 0. The topological polar surface area (TPSA) is 20.2 Å². The van der Waals surface area contributed by atoms with Crippen LogP contribution in [0.4, 0.5) is 13.2 Å². The Morgan fingerprint density at radius 2 is 1.37 bits per heavy atom. The maximum absolute atomic E-state index is 14.3. The van der Waals surface area contributed by atoms with Crippen LogP contribution in [-0.2, 0) is 5.60 Å². The molecule has 1 atom stereocenters. The molecule has 0 radical (unpaired) electrons. The molecule has 3 aromatic carbocycles. The molecule has 0 aromatic heterocycles. The van der Waals surface area contributed by atoms with Crippen LogP contribution >= 0.6 is 11.6 Å². The van der Waals surface area contributed by atoms with Crippen LogP contribution in [0.15, 0.2) is 84.4 Å². The van der Waals surface area contributed by atoms with E-state index in [0.29, 0.717) is 16.1 Å². The van der Waals surface area contributed by atoms with Crippen LogP contribution in [0, 0.1) is 0 Å². The highest BCUT2D eigenvalue weighted by molar-refractivity contribution is 6.30. The minimum absolute atomic E-state index is 0.0267. The van der Waals surface area contributed by atoms with Gasteiger partial charge in [0.1, 0.15) is 5.60 Å². The Morgan fingerprint density at radius 1 is 0.778 bits per heavy atom. The molecular formula is C22H14ClF3O. The van der Waals surface area contributed by atoms with Gasteiger partial charge < -0.3 is 5.11 Å². The minimum atomic E-state index is -4.74. The van der Waals surface area contributed by atoms with Crippen molar-refractivity contribution in [2.75, 3.05) is 0 Å². The predicted molar refractivity (Wildman–Crippen MR) is 99.4 cm³/mol. The Morgan fingerprint density at radius 3 is 2.00 bits per heavy atom. The third kappa shape index (κ3) is 2.76. The van der Waals surface area contributed by atoms with E-state index in [1.807, 2.05) is 0 Å². The summed E-state index contributed by atoms with van der Waals surface area (Å²) in [5.41, 5.74) is -2.19. The van der Waals surface area contributed by atoms with E-state index in [1.54, 1.807) is 48.5 Å². The number of alkyl halides is 3. The first-order valence-electron chi connectivity index (χ1n) is 8.29. The molecule has 27 heavy (non-hydrogen) atoms. The van der Waals surface area contributed by atoms with Crippen molar-refractivity contribution in [1.82, 2.24) is 0 Å². The summed E-state index contributed by atoms with van der Waals surface area (Å²) in [5, 5.41) is 11.9. The lowest BCUT2D eigenvalue weighted by atomic mass is 9.82. The lowest BCUT2D eigenvalue weighted by molar-refractivity contribution is -0.114. The van der Waals surface area contributed by atoms with E-state index in [1.165, 1.54) is 30.3 Å². The van der Waals surface area contributed by atoms with E-state index >= 15 is 0 Å². The first-order chi connectivity index (χ1) is 12.8. The molecule has 0 amide bonds. The Balaban J connectivity index is 2.11. The Labute approximate surface area is 159 Å². The third-order valence-electron chi connectivity index (χ3n) is 4.81. The first kappa shape index (κ1) is 17.8. The SMILES string of the molecule is OC1(c2ccccc2)C(C(F)(F)F)=C(c2ccc(Cl)cc2)c2ccccc21. The summed E-state index contributed by atoms with van der Waals surface area (Å²) < 4.78 is 42.8. The molecule has 136 valence electrons. The molecule has 0 spiro atoms. The van der Waals surface area contributed by atoms with Gasteiger partial charge in [-0.25, -0.2) is 0 Å². The summed E-state index contributed by atoms with van der Waals surface area (Å²) in [6, 6.07) is 20.5. The van der Waals surface area contributed by atoms with Gasteiger partial charge in [-0.1, -0.05) is 78.3 Å². The number of halogens is 4. The van der Waals surface area contributed by atoms with Crippen LogP contribution in [0.5, 0.6) is 0 Å². The number of benzene rings is 3. The fraction of sp³-hybridized carbons (Fsp3) is 0.0909. The molecule has 4 rings (SSSR count). The highest BCUT2D eigenvalue weighted by Crippen LogP contribution is 2.56. The smallest absolute Gasteiger partial charge is 0.376 e. The average Bonchev–Trinajstić information content (AvgIpc) is 2.94. The van der Waals surface area contributed by atoms with Crippen LogP contribution in [0.2, 0.25) is 5.02 Å². The second-order valence-electron chi connectivity index (χ2n) is 6.38. The van der Waals surface area contributed by atoms with E-state index in [-0.39, 0.29) is 16.7 Å². The predicted octanol–water partition coefficient (Wildman–Crippen LogP) is 5.95. The van der Waals surface area contributed by atoms with Gasteiger partial charge in [0.2, 0.25) is 0 Å². The zero-order chi connectivity index (χ0) is 19.2. The minimum Gasteiger partial charge on any atom is -0.376 e. The lowest BCUT2D eigenvalue weighted by Gasteiger charge is -2.30. The van der Waals surface area contributed by atoms with Crippen LogP contribution in [0.3, 0.4) is 0 Å². The number of rotatable bonds is 2. The van der Waals surface area contributed by atoms with Gasteiger partial charge in [-0.15, -0.1) is 0 Å². The summed E-state index contributed by atoms with van der Waals surface area (Å²) in [5.74, 6) is 0. The number of fused-ring (bicyclic) bond motifs is 1. The average molecular weight is 387 g/mol.